The normalized spacial score (nSPS) is 11.3. The molecule has 29 heavy (non-hydrogen) atoms. The average molecular weight is 398 g/mol. The summed E-state index contributed by atoms with van der Waals surface area (Å²) in [5.74, 6) is -2.46. The van der Waals surface area contributed by atoms with Gasteiger partial charge in [0.25, 0.3) is 0 Å². The van der Waals surface area contributed by atoms with Crippen LogP contribution in [0.3, 0.4) is 0 Å². The Morgan fingerprint density at radius 1 is 0.690 bits per heavy atom. The van der Waals surface area contributed by atoms with E-state index >= 15 is 0 Å². The highest BCUT2D eigenvalue weighted by atomic mass is 32.1. The van der Waals surface area contributed by atoms with Crippen molar-refractivity contribution in [1.29, 1.82) is 0 Å². The van der Waals surface area contributed by atoms with Crippen LogP contribution in [0.15, 0.2) is 72.1 Å². The summed E-state index contributed by atoms with van der Waals surface area (Å²) >= 11 is 0.944. The molecule has 0 saturated heterocycles. The van der Waals surface area contributed by atoms with Gasteiger partial charge in [0, 0.05) is 10.9 Å². The maximum Gasteiger partial charge on any atom is 0.346 e. The second-order valence-electron chi connectivity index (χ2n) is 6.85. The van der Waals surface area contributed by atoms with Crippen LogP contribution in [0, 0.1) is 0 Å². The zero-order valence-corrected chi connectivity index (χ0v) is 15.9. The van der Waals surface area contributed by atoms with Gasteiger partial charge in [0.2, 0.25) is 0 Å². The second kappa shape index (κ2) is 6.43. The quantitative estimate of drug-likeness (QED) is 0.277. The zero-order valence-electron chi connectivity index (χ0n) is 15.0. The van der Waals surface area contributed by atoms with Crippen LogP contribution < -0.4 is 0 Å². The van der Waals surface area contributed by atoms with Crippen LogP contribution in [0.2, 0.25) is 0 Å². The Labute approximate surface area is 169 Å². The van der Waals surface area contributed by atoms with Gasteiger partial charge in [-0.05, 0) is 50.0 Å². The third-order valence-corrected chi connectivity index (χ3v) is 6.18. The number of benzene rings is 4. The van der Waals surface area contributed by atoms with E-state index in [0.29, 0.717) is 5.56 Å². The summed E-state index contributed by atoms with van der Waals surface area (Å²) in [6.07, 6.45) is 0. The minimum atomic E-state index is -1.23. The van der Waals surface area contributed by atoms with Gasteiger partial charge in [-0.3, -0.25) is 0 Å². The topological polar surface area (TPSA) is 74.6 Å². The van der Waals surface area contributed by atoms with E-state index in [0.717, 1.165) is 49.2 Å². The number of thiophene rings is 1. The van der Waals surface area contributed by atoms with Gasteiger partial charge in [-0.1, -0.05) is 54.6 Å². The van der Waals surface area contributed by atoms with Gasteiger partial charge in [-0.25, -0.2) is 9.59 Å². The first-order valence-corrected chi connectivity index (χ1v) is 9.85. The molecule has 0 spiro atoms. The molecule has 5 heteroatoms. The number of carbonyl (C=O) groups is 2. The molecule has 0 aliphatic carbocycles. The molecular weight excluding hydrogens is 384 g/mol. The SMILES string of the molecule is O=C(O)c1scc(-c2cccc3ccc4cc5ccccc5cc4c23)c1C(=O)O. The van der Waals surface area contributed by atoms with E-state index in [2.05, 4.69) is 24.3 Å². The standard InChI is InChI=1S/C24H14O4S/c25-23(26)21-19(12-29-22(21)24(27)28)17-7-3-6-13-8-9-16-10-14-4-1-2-5-15(14)11-18(16)20(13)17/h1-12H,(H,25,26)(H,27,28). The first-order chi connectivity index (χ1) is 14.0. The van der Waals surface area contributed by atoms with Crippen LogP contribution in [0.5, 0.6) is 0 Å². The summed E-state index contributed by atoms with van der Waals surface area (Å²) in [5.41, 5.74) is 1.00. The number of carboxylic acids is 2. The number of aromatic carboxylic acids is 2. The maximum absolute atomic E-state index is 11.9. The predicted molar refractivity (Wildman–Crippen MR) is 116 cm³/mol. The number of carboxylic acid groups (broad SMARTS) is 2. The van der Waals surface area contributed by atoms with E-state index in [1.165, 1.54) is 0 Å². The summed E-state index contributed by atoms with van der Waals surface area (Å²) in [6.45, 7) is 0. The molecule has 0 aliphatic heterocycles. The Hall–Kier alpha value is -3.70. The summed E-state index contributed by atoms with van der Waals surface area (Å²) in [7, 11) is 0. The van der Waals surface area contributed by atoms with E-state index in [4.69, 9.17) is 0 Å². The van der Waals surface area contributed by atoms with Gasteiger partial charge in [-0.2, -0.15) is 0 Å². The first-order valence-electron chi connectivity index (χ1n) is 8.97. The molecule has 0 saturated carbocycles. The van der Waals surface area contributed by atoms with Gasteiger partial charge in [0.05, 0.1) is 5.56 Å². The highest BCUT2D eigenvalue weighted by molar-refractivity contribution is 7.12. The molecule has 4 nitrogen and oxygen atoms in total. The first kappa shape index (κ1) is 17.4. The Morgan fingerprint density at radius 2 is 1.38 bits per heavy atom. The fourth-order valence-electron chi connectivity index (χ4n) is 3.95. The zero-order chi connectivity index (χ0) is 20.1. The van der Waals surface area contributed by atoms with Crippen molar-refractivity contribution in [3.8, 4) is 11.1 Å². The van der Waals surface area contributed by atoms with Crippen molar-refractivity contribution in [1.82, 2.24) is 0 Å². The van der Waals surface area contributed by atoms with Crippen molar-refractivity contribution in [2.75, 3.05) is 0 Å². The fourth-order valence-corrected chi connectivity index (χ4v) is 4.85. The molecule has 0 atom stereocenters. The van der Waals surface area contributed by atoms with Crippen molar-refractivity contribution in [3.05, 3.63) is 82.6 Å². The number of rotatable bonds is 3. The summed E-state index contributed by atoms with van der Waals surface area (Å²) in [5, 5.41) is 27.0. The molecule has 1 aromatic heterocycles. The minimum Gasteiger partial charge on any atom is -0.478 e. The number of hydrogen-bond donors (Lipinski definition) is 2. The van der Waals surface area contributed by atoms with Crippen LogP contribution >= 0.6 is 11.3 Å². The van der Waals surface area contributed by atoms with E-state index in [1.807, 2.05) is 42.5 Å². The van der Waals surface area contributed by atoms with E-state index in [-0.39, 0.29) is 10.4 Å². The van der Waals surface area contributed by atoms with Gasteiger partial charge >= 0.3 is 11.9 Å². The Bertz CT molecular complexity index is 1460. The summed E-state index contributed by atoms with van der Waals surface area (Å²) in [6, 6.07) is 22.1. The Balaban J connectivity index is 1.93. The Morgan fingerprint density at radius 3 is 2.10 bits per heavy atom. The molecule has 0 unspecified atom stereocenters. The van der Waals surface area contributed by atoms with Crippen molar-refractivity contribution in [3.63, 3.8) is 0 Å². The highest BCUT2D eigenvalue weighted by Gasteiger charge is 2.25. The van der Waals surface area contributed by atoms with E-state index in [1.54, 1.807) is 5.38 Å². The summed E-state index contributed by atoms with van der Waals surface area (Å²) in [4.78, 5) is 23.3. The predicted octanol–water partition coefficient (Wildman–Crippen LogP) is 6.27. The van der Waals surface area contributed by atoms with E-state index < -0.39 is 11.9 Å². The largest absolute Gasteiger partial charge is 0.478 e. The lowest BCUT2D eigenvalue weighted by Crippen LogP contribution is -2.05. The highest BCUT2D eigenvalue weighted by Crippen LogP contribution is 2.40. The smallest absolute Gasteiger partial charge is 0.346 e. The van der Waals surface area contributed by atoms with Gasteiger partial charge in [0.1, 0.15) is 4.88 Å². The molecule has 1 heterocycles. The minimum absolute atomic E-state index is 0.157. The molecule has 2 N–H and O–H groups in total. The number of hydrogen-bond acceptors (Lipinski definition) is 3. The second-order valence-corrected chi connectivity index (χ2v) is 7.73. The molecule has 140 valence electrons. The molecule has 0 fully saturated rings. The molecular formula is C24H14O4S. The van der Waals surface area contributed by atoms with Crippen LogP contribution in [-0.2, 0) is 0 Å². The monoisotopic (exact) mass is 398 g/mol. The molecule has 0 amide bonds. The Kier molecular flexibility index (Phi) is 3.86. The lowest BCUT2D eigenvalue weighted by molar-refractivity contribution is 0.0657. The molecule has 5 rings (SSSR count). The average Bonchev–Trinajstić information content (AvgIpc) is 3.17. The van der Waals surface area contributed by atoms with Crippen molar-refractivity contribution >= 4 is 55.6 Å². The van der Waals surface area contributed by atoms with Gasteiger partial charge in [0.15, 0.2) is 0 Å². The third-order valence-electron chi connectivity index (χ3n) is 5.22. The third kappa shape index (κ3) is 2.67. The lowest BCUT2D eigenvalue weighted by atomic mass is 9.91. The molecule has 0 bridgehead atoms. The van der Waals surface area contributed by atoms with Crippen molar-refractivity contribution in [2.45, 2.75) is 0 Å². The van der Waals surface area contributed by atoms with Crippen LogP contribution in [0.25, 0.3) is 43.4 Å². The molecule has 0 aliphatic rings. The van der Waals surface area contributed by atoms with Gasteiger partial charge < -0.3 is 10.2 Å². The van der Waals surface area contributed by atoms with Gasteiger partial charge in [-0.15, -0.1) is 11.3 Å². The fraction of sp³-hybridized carbons (Fsp3) is 0. The van der Waals surface area contributed by atoms with Crippen molar-refractivity contribution < 1.29 is 19.8 Å². The van der Waals surface area contributed by atoms with Crippen LogP contribution in [0.4, 0.5) is 0 Å². The number of fused-ring (bicyclic) bond motifs is 4. The van der Waals surface area contributed by atoms with Crippen molar-refractivity contribution in [2.24, 2.45) is 0 Å². The molecule has 5 aromatic rings. The molecule has 4 aromatic carbocycles. The lowest BCUT2D eigenvalue weighted by Gasteiger charge is -2.11. The molecule has 0 radical (unpaired) electrons. The maximum atomic E-state index is 11.9. The van der Waals surface area contributed by atoms with E-state index in [9.17, 15) is 19.8 Å². The van der Waals surface area contributed by atoms with Crippen LogP contribution in [-0.4, -0.2) is 22.2 Å². The van der Waals surface area contributed by atoms with Crippen LogP contribution in [0.1, 0.15) is 20.0 Å². The summed E-state index contributed by atoms with van der Waals surface area (Å²) < 4.78 is 0.